The lowest BCUT2D eigenvalue weighted by Crippen LogP contribution is -2.54. The molecule has 0 radical (unpaired) electrons. The maximum atomic E-state index is 12.8. The predicted octanol–water partition coefficient (Wildman–Crippen LogP) is 2.11. The summed E-state index contributed by atoms with van der Waals surface area (Å²) in [6.45, 7) is 1.89. The molecule has 0 aliphatic carbocycles. The molecule has 1 aromatic carbocycles. The van der Waals surface area contributed by atoms with Crippen molar-refractivity contribution >= 4 is 11.9 Å². The smallest absolute Gasteiger partial charge is 0.323 e. The van der Waals surface area contributed by atoms with Gasteiger partial charge in [0.1, 0.15) is 5.54 Å². The Morgan fingerprint density at radius 2 is 1.74 bits per heavy atom. The van der Waals surface area contributed by atoms with E-state index in [0.29, 0.717) is 24.9 Å². The Morgan fingerprint density at radius 3 is 2.30 bits per heavy atom. The molecule has 9 heteroatoms. The summed E-state index contributed by atoms with van der Waals surface area (Å²) in [6, 6.07) is 4.46. The highest BCUT2D eigenvalue weighted by atomic mass is 19.4. The molecule has 0 unspecified atom stereocenters. The molecule has 0 saturated carbocycles. The van der Waals surface area contributed by atoms with Crippen LogP contribution in [0.3, 0.4) is 0 Å². The lowest BCUT2D eigenvalue weighted by atomic mass is 9.88. The Morgan fingerprint density at radius 1 is 1.15 bits per heavy atom. The van der Waals surface area contributed by atoms with Crippen LogP contribution in [-0.2, 0) is 17.5 Å². The summed E-state index contributed by atoms with van der Waals surface area (Å²) in [7, 11) is 3.70. The summed E-state index contributed by atoms with van der Waals surface area (Å²) in [5, 5.41) is 2.84. The average Bonchev–Trinajstić information content (AvgIpc) is 2.82. The maximum Gasteiger partial charge on any atom is 0.416 e. The summed E-state index contributed by atoms with van der Waals surface area (Å²) in [6.07, 6.45) is -3.22. The fourth-order valence-corrected chi connectivity index (χ4v) is 3.55. The second kappa shape index (κ2) is 7.12. The Labute approximate surface area is 155 Å². The number of carbonyl (C=O) groups is 2. The van der Waals surface area contributed by atoms with Gasteiger partial charge in [-0.2, -0.15) is 13.2 Å². The van der Waals surface area contributed by atoms with E-state index in [1.165, 1.54) is 17.0 Å². The number of halogens is 3. The van der Waals surface area contributed by atoms with Gasteiger partial charge in [-0.05, 0) is 44.6 Å². The first kappa shape index (κ1) is 19.6. The third kappa shape index (κ3) is 4.08. The summed E-state index contributed by atoms with van der Waals surface area (Å²) in [4.78, 5) is 30.2. The maximum absolute atomic E-state index is 12.8. The van der Waals surface area contributed by atoms with Crippen LogP contribution >= 0.6 is 0 Å². The number of rotatable bonds is 4. The van der Waals surface area contributed by atoms with Crippen molar-refractivity contribution in [2.24, 2.45) is 0 Å². The van der Waals surface area contributed by atoms with Crippen LogP contribution in [0, 0.1) is 0 Å². The van der Waals surface area contributed by atoms with Gasteiger partial charge in [0.05, 0.1) is 12.2 Å². The number of hydrogen-bond donors (Lipinski definition) is 1. The number of benzene rings is 1. The first-order valence-electron chi connectivity index (χ1n) is 8.78. The molecule has 3 amide bonds. The van der Waals surface area contributed by atoms with Gasteiger partial charge in [0.2, 0.25) is 0 Å². The van der Waals surface area contributed by atoms with Crippen molar-refractivity contribution in [1.29, 1.82) is 0 Å². The topological polar surface area (TPSA) is 55.9 Å². The molecule has 2 aliphatic heterocycles. The van der Waals surface area contributed by atoms with E-state index < -0.39 is 23.3 Å². The van der Waals surface area contributed by atoms with Crippen LogP contribution < -0.4 is 5.32 Å². The second-order valence-corrected chi connectivity index (χ2v) is 7.40. The van der Waals surface area contributed by atoms with Crippen molar-refractivity contribution < 1.29 is 22.8 Å². The van der Waals surface area contributed by atoms with Crippen molar-refractivity contribution in [2.45, 2.75) is 31.1 Å². The van der Waals surface area contributed by atoms with Crippen LogP contribution in [0.4, 0.5) is 18.0 Å². The first-order valence-corrected chi connectivity index (χ1v) is 8.78. The van der Waals surface area contributed by atoms with E-state index in [9.17, 15) is 22.8 Å². The van der Waals surface area contributed by atoms with Crippen molar-refractivity contribution in [3.63, 3.8) is 0 Å². The van der Waals surface area contributed by atoms with Gasteiger partial charge >= 0.3 is 12.2 Å². The number of imide groups is 1. The van der Waals surface area contributed by atoms with Crippen LogP contribution in [0.1, 0.15) is 24.0 Å². The van der Waals surface area contributed by atoms with Crippen LogP contribution in [0.5, 0.6) is 0 Å². The molecule has 1 aromatic rings. The van der Waals surface area contributed by atoms with Crippen LogP contribution in [0.15, 0.2) is 24.3 Å². The molecule has 148 valence electrons. The fraction of sp³-hybridized carbons (Fsp3) is 0.556. The molecule has 2 saturated heterocycles. The molecule has 27 heavy (non-hydrogen) atoms. The van der Waals surface area contributed by atoms with Crippen LogP contribution in [0.25, 0.3) is 0 Å². The lowest BCUT2D eigenvalue weighted by Gasteiger charge is -2.35. The number of urea groups is 1. The lowest BCUT2D eigenvalue weighted by molar-refractivity contribution is -0.137. The first-order chi connectivity index (χ1) is 12.6. The molecular weight excluding hydrogens is 361 g/mol. The minimum absolute atomic E-state index is 0.0866. The summed E-state index contributed by atoms with van der Waals surface area (Å²) < 4.78 is 37.9. The molecule has 2 aliphatic rings. The van der Waals surface area contributed by atoms with E-state index in [1.807, 2.05) is 7.05 Å². The fourth-order valence-electron chi connectivity index (χ4n) is 3.55. The number of nitrogens with zero attached hydrogens (tertiary/aromatic N) is 3. The van der Waals surface area contributed by atoms with Crippen molar-refractivity contribution in [2.75, 3.05) is 33.9 Å². The zero-order valence-electron chi connectivity index (χ0n) is 15.3. The highest BCUT2D eigenvalue weighted by Gasteiger charge is 2.52. The van der Waals surface area contributed by atoms with Gasteiger partial charge in [-0.3, -0.25) is 9.69 Å². The van der Waals surface area contributed by atoms with Crippen LogP contribution in [-0.4, -0.2) is 66.0 Å². The Balaban J connectivity index is 1.61. The highest BCUT2D eigenvalue weighted by Crippen LogP contribution is 2.30. The van der Waals surface area contributed by atoms with E-state index in [4.69, 9.17) is 0 Å². The summed E-state index contributed by atoms with van der Waals surface area (Å²) >= 11 is 0. The van der Waals surface area contributed by atoms with E-state index in [-0.39, 0.29) is 12.6 Å². The molecule has 1 N–H and O–H groups in total. The number of carbonyl (C=O) groups excluding carboxylic acids is 2. The van der Waals surface area contributed by atoms with Gasteiger partial charge in [-0.25, -0.2) is 9.69 Å². The zero-order chi connectivity index (χ0) is 19.8. The van der Waals surface area contributed by atoms with E-state index >= 15 is 0 Å². The van der Waals surface area contributed by atoms with Gasteiger partial charge in [-0.15, -0.1) is 0 Å². The van der Waals surface area contributed by atoms with Crippen molar-refractivity contribution in [3.05, 3.63) is 35.4 Å². The Hall–Kier alpha value is -2.13. The second-order valence-electron chi connectivity index (χ2n) is 7.40. The molecule has 6 nitrogen and oxygen atoms in total. The molecule has 0 bridgehead atoms. The number of nitrogens with one attached hydrogen (secondary N) is 1. The number of amides is 3. The number of piperidine rings is 1. The molecule has 2 heterocycles. The van der Waals surface area contributed by atoms with Gasteiger partial charge in [-0.1, -0.05) is 12.1 Å². The minimum Gasteiger partial charge on any atom is -0.323 e. The van der Waals surface area contributed by atoms with Gasteiger partial charge < -0.3 is 10.2 Å². The normalized spacial score (nSPS) is 20.6. The average molecular weight is 384 g/mol. The Bertz CT molecular complexity index is 712. The number of hydrogen-bond acceptors (Lipinski definition) is 4. The third-order valence-electron chi connectivity index (χ3n) is 5.20. The zero-order valence-corrected chi connectivity index (χ0v) is 15.3. The minimum atomic E-state index is -4.37. The molecule has 2 fully saturated rings. The third-order valence-corrected chi connectivity index (χ3v) is 5.20. The van der Waals surface area contributed by atoms with Gasteiger partial charge in [0, 0.05) is 19.6 Å². The van der Waals surface area contributed by atoms with Crippen molar-refractivity contribution in [3.8, 4) is 0 Å². The molecule has 0 aromatic heterocycles. The van der Waals surface area contributed by atoms with Gasteiger partial charge in [0.25, 0.3) is 5.91 Å². The standard InChI is InChI=1S/C18H23F3N4O2/c1-23-9-7-17(8-10-23)15(26)25(16(27)22-17)12-24(2)11-13-3-5-14(6-4-13)18(19,20)21/h3-6H,7-12H2,1-2H3,(H,22,27). The highest BCUT2D eigenvalue weighted by molar-refractivity contribution is 6.07. The number of alkyl halides is 3. The molecular formula is C18H23F3N4O2. The quantitative estimate of drug-likeness (QED) is 0.808. The van der Waals surface area contributed by atoms with Crippen molar-refractivity contribution in [1.82, 2.24) is 20.0 Å². The monoisotopic (exact) mass is 384 g/mol. The van der Waals surface area contributed by atoms with E-state index in [0.717, 1.165) is 25.2 Å². The Kier molecular flexibility index (Phi) is 5.18. The largest absolute Gasteiger partial charge is 0.416 e. The number of likely N-dealkylation sites (tertiary alicyclic amines) is 1. The molecule has 3 rings (SSSR count). The summed E-state index contributed by atoms with van der Waals surface area (Å²) in [5.41, 5.74) is -0.850. The van der Waals surface area contributed by atoms with Crippen LogP contribution in [0.2, 0.25) is 0 Å². The SMILES string of the molecule is CN1CCC2(CC1)NC(=O)N(CN(C)Cc1ccc(C(F)(F)F)cc1)C2=O. The predicted molar refractivity (Wildman–Crippen MR) is 92.6 cm³/mol. The summed E-state index contributed by atoms with van der Waals surface area (Å²) in [5.74, 6) is -0.222. The van der Waals surface area contributed by atoms with Gasteiger partial charge in [0.15, 0.2) is 0 Å². The molecule has 1 spiro atoms. The van der Waals surface area contributed by atoms with E-state index in [1.54, 1.807) is 11.9 Å². The molecule has 0 atom stereocenters. The van der Waals surface area contributed by atoms with E-state index in [2.05, 4.69) is 10.2 Å².